The maximum Gasteiger partial charge on any atom is 0.220 e. The van der Waals surface area contributed by atoms with Crippen molar-refractivity contribution in [2.24, 2.45) is 5.92 Å². The van der Waals surface area contributed by atoms with Gasteiger partial charge in [0.2, 0.25) is 11.8 Å². The number of aromatic nitrogens is 1. The van der Waals surface area contributed by atoms with Gasteiger partial charge in [0.05, 0.1) is 14.2 Å². The normalized spacial score (nSPS) is 14.3. The van der Waals surface area contributed by atoms with E-state index in [1.807, 2.05) is 6.07 Å². The standard InChI is InChI=1S/C14H19NO2/c1-9(2)10-6-5-7-11-12(10)8-13(16-3)15-14(11)17-4/h6,8-9H,5,7H2,1-4H3. The molecule has 0 saturated heterocycles. The van der Waals surface area contributed by atoms with Crippen molar-refractivity contribution in [3.05, 3.63) is 23.3 Å². The third-order valence-electron chi connectivity index (χ3n) is 3.16. The van der Waals surface area contributed by atoms with Crippen molar-refractivity contribution in [1.29, 1.82) is 0 Å². The van der Waals surface area contributed by atoms with E-state index >= 15 is 0 Å². The van der Waals surface area contributed by atoms with Gasteiger partial charge >= 0.3 is 0 Å². The second kappa shape index (κ2) is 4.78. The fraction of sp³-hybridized carbons (Fsp3) is 0.500. The van der Waals surface area contributed by atoms with Crippen LogP contribution in [0.25, 0.3) is 5.57 Å². The number of hydrogen-bond acceptors (Lipinski definition) is 3. The van der Waals surface area contributed by atoms with Crippen LogP contribution in [-0.4, -0.2) is 19.2 Å². The van der Waals surface area contributed by atoms with Crippen LogP contribution in [-0.2, 0) is 6.42 Å². The molecule has 92 valence electrons. The molecule has 3 heteroatoms. The zero-order valence-electron chi connectivity index (χ0n) is 10.9. The Morgan fingerprint density at radius 3 is 2.59 bits per heavy atom. The molecule has 0 unspecified atom stereocenters. The predicted octanol–water partition coefficient (Wildman–Crippen LogP) is 3.08. The molecule has 0 radical (unpaired) electrons. The second-order valence-corrected chi connectivity index (χ2v) is 4.55. The fourth-order valence-corrected chi connectivity index (χ4v) is 2.33. The number of ether oxygens (including phenoxy) is 2. The van der Waals surface area contributed by atoms with Crippen LogP contribution in [0.5, 0.6) is 11.8 Å². The van der Waals surface area contributed by atoms with E-state index in [-0.39, 0.29) is 0 Å². The highest BCUT2D eigenvalue weighted by Crippen LogP contribution is 2.37. The molecule has 0 bridgehead atoms. The van der Waals surface area contributed by atoms with E-state index in [4.69, 9.17) is 9.47 Å². The molecular weight excluding hydrogens is 214 g/mol. The van der Waals surface area contributed by atoms with Gasteiger partial charge in [0.25, 0.3) is 0 Å². The summed E-state index contributed by atoms with van der Waals surface area (Å²) in [5.41, 5.74) is 3.81. The molecule has 1 aliphatic carbocycles. The molecule has 0 spiro atoms. The first-order chi connectivity index (χ1) is 8.17. The van der Waals surface area contributed by atoms with Crippen molar-refractivity contribution >= 4 is 5.57 Å². The SMILES string of the molecule is COc1cc2c(c(OC)n1)CCC=C2C(C)C. The molecule has 0 aromatic carbocycles. The zero-order valence-corrected chi connectivity index (χ0v) is 10.9. The van der Waals surface area contributed by atoms with Crippen LogP contribution in [0.15, 0.2) is 12.1 Å². The summed E-state index contributed by atoms with van der Waals surface area (Å²) < 4.78 is 10.6. The number of methoxy groups -OCH3 is 2. The third-order valence-corrected chi connectivity index (χ3v) is 3.16. The molecule has 1 aliphatic rings. The molecule has 0 N–H and O–H groups in total. The molecule has 3 nitrogen and oxygen atoms in total. The minimum Gasteiger partial charge on any atom is -0.481 e. The van der Waals surface area contributed by atoms with Crippen molar-refractivity contribution in [1.82, 2.24) is 4.98 Å². The highest BCUT2D eigenvalue weighted by atomic mass is 16.5. The van der Waals surface area contributed by atoms with Crippen molar-refractivity contribution in [3.63, 3.8) is 0 Å². The molecule has 0 amide bonds. The first-order valence-electron chi connectivity index (χ1n) is 5.99. The summed E-state index contributed by atoms with van der Waals surface area (Å²) in [5.74, 6) is 1.82. The van der Waals surface area contributed by atoms with Gasteiger partial charge in [-0.05, 0) is 29.9 Å². The Balaban J connectivity index is 2.58. The number of fused-ring (bicyclic) bond motifs is 1. The van der Waals surface area contributed by atoms with E-state index in [0.717, 1.165) is 12.8 Å². The maximum absolute atomic E-state index is 5.36. The average molecular weight is 233 g/mol. The summed E-state index contributed by atoms with van der Waals surface area (Å²) in [6, 6.07) is 2.02. The van der Waals surface area contributed by atoms with E-state index in [9.17, 15) is 0 Å². The van der Waals surface area contributed by atoms with Gasteiger partial charge in [-0.1, -0.05) is 19.9 Å². The van der Waals surface area contributed by atoms with Crippen molar-refractivity contribution in [2.75, 3.05) is 14.2 Å². The van der Waals surface area contributed by atoms with E-state index in [1.165, 1.54) is 16.7 Å². The molecule has 1 heterocycles. The highest BCUT2D eigenvalue weighted by molar-refractivity contribution is 5.73. The largest absolute Gasteiger partial charge is 0.481 e. The van der Waals surface area contributed by atoms with E-state index < -0.39 is 0 Å². The molecule has 0 aliphatic heterocycles. The number of rotatable bonds is 3. The number of nitrogens with zero attached hydrogens (tertiary/aromatic N) is 1. The van der Waals surface area contributed by atoms with Gasteiger partial charge in [-0.2, -0.15) is 4.98 Å². The van der Waals surface area contributed by atoms with Crippen LogP contribution in [0.2, 0.25) is 0 Å². The van der Waals surface area contributed by atoms with Crippen molar-refractivity contribution < 1.29 is 9.47 Å². The molecule has 1 aromatic heterocycles. The van der Waals surface area contributed by atoms with Crippen molar-refractivity contribution in [3.8, 4) is 11.8 Å². The average Bonchev–Trinajstić information content (AvgIpc) is 2.36. The Bertz CT molecular complexity index is 450. The zero-order chi connectivity index (χ0) is 12.4. The Kier molecular flexibility index (Phi) is 3.36. The van der Waals surface area contributed by atoms with Gasteiger partial charge in [-0.25, -0.2) is 0 Å². The molecule has 0 fully saturated rings. The minimum absolute atomic E-state index is 0.505. The van der Waals surface area contributed by atoms with Gasteiger partial charge < -0.3 is 9.47 Å². The van der Waals surface area contributed by atoms with Gasteiger partial charge in [0.15, 0.2) is 0 Å². The predicted molar refractivity (Wildman–Crippen MR) is 68.5 cm³/mol. The lowest BCUT2D eigenvalue weighted by molar-refractivity contribution is 0.360. The Hall–Kier alpha value is -1.51. The van der Waals surface area contributed by atoms with Crippen LogP contribution in [0.1, 0.15) is 31.4 Å². The van der Waals surface area contributed by atoms with Gasteiger partial charge in [0.1, 0.15) is 0 Å². The molecule has 17 heavy (non-hydrogen) atoms. The summed E-state index contributed by atoms with van der Waals surface area (Å²) >= 11 is 0. The summed E-state index contributed by atoms with van der Waals surface area (Å²) in [6.45, 7) is 4.42. The smallest absolute Gasteiger partial charge is 0.220 e. The van der Waals surface area contributed by atoms with Crippen LogP contribution in [0, 0.1) is 5.92 Å². The summed E-state index contributed by atoms with van der Waals surface area (Å²) in [7, 11) is 3.30. The Morgan fingerprint density at radius 1 is 1.24 bits per heavy atom. The summed E-state index contributed by atoms with van der Waals surface area (Å²) in [5, 5.41) is 0. The molecule has 0 atom stereocenters. The fourth-order valence-electron chi connectivity index (χ4n) is 2.33. The first-order valence-corrected chi connectivity index (χ1v) is 5.99. The lowest BCUT2D eigenvalue weighted by atomic mass is 9.86. The Morgan fingerprint density at radius 2 is 2.00 bits per heavy atom. The minimum atomic E-state index is 0.505. The molecular formula is C14H19NO2. The number of pyridine rings is 1. The van der Waals surface area contributed by atoms with E-state index in [2.05, 4.69) is 24.9 Å². The quantitative estimate of drug-likeness (QED) is 0.804. The Labute approximate surface area is 102 Å². The van der Waals surface area contributed by atoms with Gasteiger partial charge in [-0.3, -0.25) is 0 Å². The molecule has 0 saturated carbocycles. The number of hydrogen-bond donors (Lipinski definition) is 0. The van der Waals surface area contributed by atoms with Crippen LogP contribution in [0.3, 0.4) is 0 Å². The topological polar surface area (TPSA) is 31.4 Å². The molecule has 1 aromatic rings. The van der Waals surface area contributed by atoms with Crippen molar-refractivity contribution in [2.45, 2.75) is 26.7 Å². The lowest BCUT2D eigenvalue weighted by Gasteiger charge is -2.22. The molecule has 2 rings (SSSR count). The van der Waals surface area contributed by atoms with Gasteiger partial charge in [-0.15, -0.1) is 0 Å². The van der Waals surface area contributed by atoms with Crippen LogP contribution in [0.4, 0.5) is 0 Å². The monoisotopic (exact) mass is 233 g/mol. The van der Waals surface area contributed by atoms with Gasteiger partial charge in [0, 0.05) is 11.6 Å². The van der Waals surface area contributed by atoms with Crippen LogP contribution < -0.4 is 9.47 Å². The lowest BCUT2D eigenvalue weighted by Crippen LogP contribution is -2.08. The van der Waals surface area contributed by atoms with E-state index in [1.54, 1.807) is 14.2 Å². The first kappa shape index (κ1) is 12.0. The third kappa shape index (κ3) is 2.14. The number of allylic oxidation sites excluding steroid dienone is 2. The summed E-state index contributed by atoms with van der Waals surface area (Å²) in [4.78, 5) is 4.35. The van der Waals surface area contributed by atoms with Crippen LogP contribution >= 0.6 is 0 Å². The second-order valence-electron chi connectivity index (χ2n) is 4.55. The maximum atomic E-state index is 5.36. The summed E-state index contributed by atoms with van der Waals surface area (Å²) in [6.07, 6.45) is 4.36. The highest BCUT2D eigenvalue weighted by Gasteiger charge is 2.21. The van der Waals surface area contributed by atoms with E-state index in [0.29, 0.717) is 17.7 Å².